The van der Waals surface area contributed by atoms with Gasteiger partial charge in [-0.25, -0.2) is 0 Å². The number of nitrogens with zero attached hydrogens (tertiary/aromatic N) is 1. The highest BCUT2D eigenvalue weighted by molar-refractivity contribution is 8.00. The van der Waals surface area contributed by atoms with Gasteiger partial charge in [-0.3, -0.25) is 14.6 Å². The second-order valence-electron chi connectivity index (χ2n) is 8.93. The van der Waals surface area contributed by atoms with Crippen LogP contribution in [0, 0.1) is 6.92 Å². The lowest BCUT2D eigenvalue weighted by molar-refractivity contribution is -0.116. The number of pyridine rings is 1. The highest BCUT2D eigenvalue weighted by Crippen LogP contribution is 2.49. The van der Waals surface area contributed by atoms with Crippen molar-refractivity contribution in [1.29, 1.82) is 0 Å². The van der Waals surface area contributed by atoms with Gasteiger partial charge in [0, 0.05) is 46.0 Å². The van der Waals surface area contributed by atoms with Crippen molar-refractivity contribution in [3.63, 3.8) is 0 Å². The molecule has 2 aliphatic rings. The minimum atomic E-state index is -0.403. The van der Waals surface area contributed by atoms with E-state index in [0.717, 1.165) is 33.2 Å². The van der Waals surface area contributed by atoms with Crippen LogP contribution in [0.15, 0.2) is 87.7 Å². The first kappa shape index (κ1) is 23.6. The third kappa shape index (κ3) is 4.58. The highest BCUT2D eigenvalue weighted by atomic mass is 32.2. The summed E-state index contributed by atoms with van der Waals surface area (Å²) >= 11 is 3.38. The van der Waals surface area contributed by atoms with Gasteiger partial charge in [0.05, 0.1) is 16.1 Å². The molecule has 1 amide bonds. The summed E-state index contributed by atoms with van der Waals surface area (Å²) < 4.78 is 1.14. The molecule has 2 unspecified atom stereocenters. The van der Waals surface area contributed by atoms with Crippen LogP contribution in [0.1, 0.15) is 47.6 Å². The number of amides is 1. The van der Waals surface area contributed by atoms with Crippen molar-refractivity contribution in [3.8, 4) is 0 Å². The summed E-state index contributed by atoms with van der Waals surface area (Å²) in [5, 5.41) is 6.46. The summed E-state index contributed by atoms with van der Waals surface area (Å²) in [6.45, 7) is 4.01. The second kappa shape index (κ2) is 9.84. The van der Waals surface area contributed by atoms with E-state index in [1.165, 1.54) is 10.4 Å². The van der Waals surface area contributed by atoms with Crippen molar-refractivity contribution in [3.05, 3.63) is 99.5 Å². The molecule has 7 heteroatoms. The van der Waals surface area contributed by atoms with Crippen molar-refractivity contribution in [2.75, 3.05) is 11.6 Å². The summed E-state index contributed by atoms with van der Waals surface area (Å²) in [7, 11) is 0. The minimum absolute atomic E-state index is 0.104. The Morgan fingerprint density at radius 1 is 1.14 bits per heavy atom. The molecule has 3 heterocycles. The number of carbonyl (C=O) groups excluding carboxylic acids is 2. The number of hydrogen-bond donors (Lipinski definition) is 2. The number of aryl methyl sites for hydroxylation is 1. The standard InChI is InChI=1S/C28H27N3O2S2/c1-16-12-21(28(34-3)35-16)25-24(27(33)31-20-10-7-11-29-15-20)17(2)30-22-13-19(14-23(32)26(22)25)18-8-5-4-6-9-18/h4-12,15,19,25,30H,13-14H2,1-3H3,(H,31,33). The highest BCUT2D eigenvalue weighted by Gasteiger charge is 2.42. The summed E-state index contributed by atoms with van der Waals surface area (Å²) in [6, 6.07) is 16.0. The average molecular weight is 502 g/mol. The van der Waals surface area contributed by atoms with E-state index >= 15 is 0 Å². The maximum absolute atomic E-state index is 13.8. The van der Waals surface area contributed by atoms with Gasteiger partial charge in [0.1, 0.15) is 0 Å². The maximum atomic E-state index is 13.8. The Kier molecular flexibility index (Phi) is 6.62. The van der Waals surface area contributed by atoms with E-state index in [0.29, 0.717) is 17.7 Å². The number of rotatable bonds is 5. The Labute approximate surface area is 213 Å². The van der Waals surface area contributed by atoms with Gasteiger partial charge in [-0.1, -0.05) is 30.3 Å². The van der Waals surface area contributed by atoms with E-state index in [1.807, 2.05) is 37.4 Å². The van der Waals surface area contributed by atoms with Crippen LogP contribution in [0.5, 0.6) is 0 Å². The number of anilines is 1. The molecular formula is C28H27N3O2S2. The molecule has 1 aliphatic carbocycles. The molecule has 0 saturated heterocycles. The molecule has 178 valence electrons. The minimum Gasteiger partial charge on any atom is -0.362 e. The lowest BCUT2D eigenvalue weighted by atomic mass is 9.72. The fourth-order valence-electron chi connectivity index (χ4n) is 5.12. The smallest absolute Gasteiger partial charge is 0.254 e. The molecule has 2 aromatic heterocycles. The van der Waals surface area contributed by atoms with Gasteiger partial charge in [0.15, 0.2) is 5.78 Å². The van der Waals surface area contributed by atoms with Crippen LogP contribution >= 0.6 is 23.1 Å². The molecule has 1 aromatic carbocycles. The predicted octanol–water partition coefficient (Wildman–Crippen LogP) is 6.17. The number of ketones is 1. The predicted molar refractivity (Wildman–Crippen MR) is 143 cm³/mol. The molecule has 5 rings (SSSR count). The van der Waals surface area contributed by atoms with Crippen molar-refractivity contribution in [2.24, 2.45) is 0 Å². The van der Waals surface area contributed by atoms with Crippen molar-refractivity contribution < 1.29 is 9.59 Å². The first-order chi connectivity index (χ1) is 17.0. The number of allylic oxidation sites excluding steroid dienone is 3. The third-order valence-corrected chi connectivity index (χ3v) is 8.82. The molecular weight excluding hydrogens is 474 g/mol. The van der Waals surface area contributed by atoms with Crippen LogP contribution in [0.4, 0.5) is 5.69 Å². The van der Waals surface area contributed by atoms with Crippen molar-refractivity contribution in [1.82, 2.24) is 10.3 Å². The van der Waals surface area contributed by atoms with E-state index in [-0.39, 0.29) is 17.6 Å². The Hall–Kier alpha value is -3.16. The Morgan fingerprint density at radius 3 is 2.66 bits per heavy atom. The zero-order valence-corrected chi connectivity index (χ0v) is 21.6. The van der Waals surface area contributed by atoms with Crippen LogP contribution in [0.2, 0.25) is 0 Å². The first-order valence-corrected chi connectivity index (χ1v) is 13.6. The molecule has 3 aromatic rings. The molecule has 0 bridgehead atoms. The quantitative estimate of drug-likeness (QED) is 0.409. The molecule has 0 spiro atoms. The van der Waals surface area contributed by atoms with Crippen LogP contribution < -0.4 is 10.6 Å². The lowest BCUT2D eigenvalue weighted by Gasteiger charge is -2.37. The fourth-order valence-corrected chi connectivity index (χ4v) is 7.03. The molecule has 5 nitrogen and oxygen atoms in total. The van der Waals surface area contributed by atoms with Crippen LogP contribution in [-0.4, -0.2) is 22.9 Å². The number of benzene rings is 1. The van der Waals surface area contributed by atoms with E-state index in [1.54, 1.807) is 41.6 Å². The SMILES string of the molecule is CSc1sc(C)cc1C1C(C(=O)Nc2cccnc2)=C(C)NC2=C1C(=O)CC(c1ccccc1)C2. The topological polar surface area (TPSA) is 71.1 Å². The molecule has 1 aliphatic heterocycles. The van der Waals surface area contributed by atoms with E-state index in [9.17, 15) is 9.59 Å². The molecule has 35 heavy (non-hydrogen) atoms. The van der Waals surface area contributed by atoms with Crippen LogP contribution in [0.3, 0.4) is 0 Å². The Balaban J connectivity index is 1.60. The van der Waals surface area contributed by atoms with Gasteiger partial charge in [0.2, 0.25) is 0 Å². The lowest BCUT2D eigenvalue weighted by Crippen LogP contribution is -2.37. The van der Waals surface area contributed by atoms with Crippen molar-refractivity contribution in [2.45, 2.75) is 42.7 Å². The fraction of sp³-hybridized carbons (Fsp3) is 0.250. The van der Waals surface area contributed by atoms with E-state index < -0.39 is 5.92 Å². The number of dihydropyridines is 1. The summed E-state index contributed by atoms with van der Waals surface area (Å²) in [5.74, 6) is -0.390. The Morgan fingerprint density at radius 2 is 1.94 bits per heavy atom. The second-order valence-corrected chi connectivity index (χ2v) is 11.3. The largest absolute Gasteiger partial charge is 0.362 e. The number of nitrogens with one attached hydrogen (secondary N) is 2. The van der Waals surface area contributed by atoms with Crippen LogP contribution in [0.25, 0.3) is 0 Å². The number of thiophene rings is 1. The number of carbonyl (C=O) groups is 2. The van der Waals surface area contributed by atoms with Gasteiger partial charge in [-0.2, -0.15) is 0 Å². The number of thioether (sulfide) groups is 1. The monoisotopic (exact) mass is 501 g/mol. The maximum Gasteiger partial charge on any atom is 0.254 e. The van der Waals surface area contributed by atoms with E-state index in [4.69, 9.17) is 0 Å². The van der Waals surface area contributed by atoms with E-state index in [2.05, 4.69) is 40.7 Å². The molecule has 0 saturated carbocycles. The Bertz CT molecular complexity index is 1340. The zero-order valence-electron chi connectivity index (χ0n) is 19.9. The van der Waals surface area contributed by atoms with Gasteiger partial charge >= 0.3 is 0 Å². The van der Waals surface area contributed by atoms with Gasteiger partial charge in [-0.05, 0) is 61.8 Å². The third-order valence-electron chi connectivity index (χ3n) is 6.61. The molecule has 2 N–H and O–H groups in total. The number of aromatic nitrogens is 1. The summed E-state index contributed by atoms with van der Waals surface area (Å²) in [4.78, 5) is 32.7. The summed E-state index contributed by atoms with van der Waals surface area (Å²) in [5.41, 5.74) is 5.88. The van der Waals surface area contributed by atoms with Gasteiger partial charge < -0.3 is 10.6 Å². The number of Topliss-reactive ketones (excluding diaryl/α,β-unsaturated/α-hetero) is 1. The van der Waals surface area contributed by atoms with Gasteiger partial charge in [-0.15, -0.1) is 23.1 Å². The zero-order chi connectivity index (χ0) is 24.5. The van der Waals surface area contributed by atoms with Crippen molar-refractivity contribution >= 4 is 40.5 Å². The normalized spacial score (nSPS) is 19.9. The first-order valence-electron chi connectivity index (χ1n) is 11.6. The average Bonchev–Trinajstić information content (AvgIpc) is 3.24. The summed E-state index contributed by atoms with van der Waals surface area (Å²) in [6.07, 6.45) is 6.53. The molecule has 2 atom stereocenters. The van der Waals surface area contributed by atoms with Gasteiger partial charge in [0.25, 0.3) is 5.91 Å². The molecule has 0 radical (unpaired) electrons. The van der Waals surface area contributed by atoms with Crippen LogP contribution in [-0.2, 0) is 9.59 Å². The number of hydrogen-bond acceptors (Lipinski definition) is 6. The molecule has 0 fully saturated rings.